The quantitative estimate of drug-likeness (QED) is 0.914. The van der Waals surface area contributed by atoms with Gasteiger partial charge in [-0.15, -0.1) is 0 Å². The standard InChI is InChI=1S/C18H25N3O2/c1-2-3-14-4-6-16(7-5-14)21-13-15(12-17(21)22)18(23)20-10-8-19-9-11-20/h4-7,15,19H,2-3,8-13H2,1H3. The Kier molecular flexibility index (Phi) is 4.96. The van der Waals surface area contributed by atoms with Gasteiger partial charge < -0.3 is 15.1 Å². The van der Waals surface area contributed by atoms with Crippen molar-refractivity contribution < 1.29 is 9.59 Å². The predicted molar refractivity (Wildman–Crippen MR) is 90.3 cm³/mol. The summed E-state index contributed by atoms with van der Waals surface area (Å²) < 4.78 is 0. The predicted octanol–water partition coefficient (Wildman–Crippen LogP) is 1.42. The van der Waals surface area contributed by atoms with Gasteiger partial charge in [0.2, 0.25) is 11.8 Å². The summed E-state index contributed by atoms with van der Waals surface area (Å²) in [4.78, 5) is 28.6. The molecule has 2 saturated heterocycles. The smallest absolute Gasteiger partial charge is 0.228 e. The summed E-state index contributed by atoms with van der Waals surface area (Å²) in [6.07, 6.45) is 2.50. The van der Waals surface area contributed by atoms with Crippen LogP contribution in [-0.4, -0.2) is 49.4 Å². The number of benzene rings is 1. The molecule has 5 nitrogen and oxygen atoms in total. The maximum absolute atomic E-state index is 12.6. The lowest BCUT2D eigenvalue weighted by molar-refractivity contribution is -0.136. The molecule has 124 valence electrons. The number of nitrogens with zero attached hydrogens (tertiary/aromatic N) is 2. The number of piperazine rings is 1. The minimum Gasteiger partial charge on any atom is -0.340 e. The molecule has 0 saturated carbocycles. The molecule has 0 bridgehead atoms. The van der Waals surface area contributed by atoms with Crippen LogP contribution in [0, 0.1) is 5.92 Å². The van der Waals surface area contributed by atoms with Gasteiger partial charge in [-0.1, -0.05) is 25.5 Å². The molecule has 1 N–H and O–H groups in total. The van der Waals surface area contributed by atoms with Gasteiger partial charge in [0, 0.05) is 44.8 Å². The van der Waals surface area contributed by atoms with Crippen LogP contribution in [0.4, 0.5) is 5.69 Å². The van der Waals surface area contributed by atoms with Crippen LogP contribution < -0.4 is 10.2 Å². The largest absolute Gasteiger partial charge is 0.340 e. The van der Waals surface area contributed by atoms with E-state index in [9.17, 15) is 9.59 Å². The summed E-state index contributed by atoms with van der Waals surface area (Å²) in [6, 6.07) is 8.16. The van der Waals surface area contributed by atoms with Crippen LogP contribution in [0.5, 0.6) is 0 Å². The van der Waals surface area contributed by atoms with Crippen molar-refractivity contribution in [1.29, 1.82) is 0 Å². The van der Waals surface area contributed by atoms with Crippen LogP contribution in [-0.2, 0) is 16.0 Å². The van der Waals surface area contributed by atoms with Gasteiger partial charge in [0.05, 0.1) is 5.92 Å². The molecule has 5 heteroatoms. The highest BCUT2D eigenvalue weighted by molar-refractivity contribution is 6.00. The molecule has 2 aliphatic heterocycles. The highest BCUT2D eigenvalue weighted by Crippen LogP contribution is 2.27. The highest BCUT2D eigenvalue weighted by atomic mass is 16.2. The first-order valence-electron chi connectivity index (χ1n) is 8.58. The van der Waals surface area contributed by atoms with E-state index in [1.807, 2.05) is 17.0 Å². The maximum Gasteiger partial charge on any atom is 0.228 e. The van der Waals surface area contributed by atoms with Gasteiger partial charge in [0.15, 0.2) is 0 Å². The van der Waals surface area contributed by atoms with Gasteiger partial charge in [-0.05, 0) is 24.1 Å². The van der Waals surface area contributed by atoms with Crippen molar-refractivity contribution in [2.75, 3.05) is 37.6 Å². The van der Waals surface area contributed by atoms with Crippen molar-refractivity contribution in [3.05, 3.63) is 29.8 Å². The van der Waals surface area contributed by atoms with E-state index in [-0.39, 0.29) is 17.7 Å². The zero-order chi connectivity index (χ0) is 16.2. The fraction of sp³-hybridized carbons (Fsp3) is 0.556. The molecule has 1 aromatic carbocycles. The van der Waals surface area contributed by atoms with Gasteiger partial charge in [-0.2, -0.15) is 0 Å². The Morgan fingerprint density at radius 3 is 2.57 bits per heavy atom. The van der Waals surface area contributed by atoms with Crippen molar-refractivity contribution in [1.82, 2.24) is 10.2 Å². The Morgan fingerprint density at radius 1 is 1.22 bits per heavy atom. The summed E-state index contributed by atoms with van der Waals surface area (Å²) in [5, 5.41) is 3.25. The van der Waals surface area contributed by atoms with E-state index in [1.165, 1.54) is 5.56 Å². The Bertz CT molecular complexity index is 564. The molecule has 1 unspecified atom stereocenters. The minimum atomic E-state index is -0.198. The molecule has 0 spiro atoms. The number of amides is 2. The van der Waals surface area contributed by atoms with Crippen molar-refractivity contribution in [2.24, 2.45) is 5.92 Å². The molecular weight excluding hydrogens is 290 g/mol. The number of hydrogen-bond donors (Lipinski definition) is 1. The second-order valence-electron chi connectivity index (χ2n) is 6.40. The molecule has 1 atom stereocenters. The van der Waals surface area contributed by atoms with Gasteiger partial charge in [-0.3, -0.25) is 9.59 Å². The molecule has 2 fully saturated rings. The zero-order valence-electron chi connectivity index (χ0n) is 13.8. The third kappa shape index (κ3) is 3.55. The summed E-state index contributed by atoms with van der Waals surface area (Å²) in [6.45, 7) is 5.84. The normalized spacial score (nSPS) is 21.8. The molecule has 0 aromatic heterocycles. The fourth-order valence-corrected chi connectivity index (χ4v) is 3.40. The number of carbonyl (C=O) groups is 2. The zero-order valence-corrected chi connectivity index (χ0v) is 13.8. The van der Waals surface area contributed by atoms with Gasteiger partial charge in [0.25, 0.3) is 0 Å². The van der Waals surface area contributed by atoms with Crippen LogP contribution in [0.15, 0.2) is 24.3 Å². The van der Waals surface area contributed by atoms with E-state index < -0.39 is 0 Å². The third-order valence-electron chi connectivity index (χ3n) is 4.69. The van der Waals surface area contributed by atoms with Gasteiger partial charge >= 0.3 is 0 Å². The first-order valence-corrected chi connectivity index (χ1v) is 8.58. The number of nitrogens with one attached hydrogen (secondary N) is 1. The second-order valence-corrected chi connectivity index (χ2v) is 6.40. The first-order chi connectivity index (χ1) is 11.2. The lowest BCUT2D eigenvalue weighted by atomic mass is 10.1. The SMILES string of the molecule is CCCc1ccc(N2CC(C(=O)N3CCNCC3)CC2=O)cc1. The van der Waals surface area contributed by atoms with E-state index in [0.29, 0.717) is 13.0 Å². The monoisotopic (exact) mass is 315 g/mol. The number of rotatable bonds is 4. The topological polar surface area (TPSA) is 52.7 Å². The van der Waals surface area contributed by atoms with Crippen LogP contribution >= 0.6 is 0 Å². The fourth-order valence-electron chi connectivity index (χ4n) is 3.40. The number of aryl methyl sites for hydroxylation is 1. The van der Waals surface area contributed by atoms with Crippen LogP contribution in [0.25, 0.3) is 0 Å². The number of anilines is 1. The lowest BCUT2D eigenvalue weighted by Crippen LogP contribution is -2.48. The van der Waals surface area contributed by atoms with Crippen LogP contribution in [0.3, 0.4) is 0 Å². The molecule has 2 amide bonds. The maximum atomic E-state index is 12.6. The Hall–Kier alpha value is -1.88. The molecule has 0 aliphatic carbocycles. The van der Waals surface area contributed by atoms with Crippen molar-refractivity contribution in [3.63, 3.8) is 0 Å². The Balaban J connectivity index is 1.65. The van der Waals surface area contributed by atoms with E-state index in [0.717, 1.165) is 44.7 Å². The van der Waals surface area contributed by atoms with Gasteiger partial charge in [-0.25, -0.2) is 0 Å². The van der Waals surface area contributed by atoms with Crippen molar-refractivity contribution in [2.45, 2.75) is 26.2 Å². The minimum absolute atomic E-state index is 0.0572. The lowest BCUT2D eigenvalue weighted by Gasteiger charge is -2.29. The second kappa shape index (κ2) is 7.13. The van der Waals surface area contributed by atoms with Crippen LogP contribution in [0.2, 0.25) is 0 Å². The molecule has 2 aliphatic rings. The van der Waals surface area contributed by atoms with E-state index in [1.54, 1.807) is 4.90 Å². The van der Waals surface area contributed by atoms with Crippen molar-refractivity contribution in [3.8, 4) is 0 Å². The Morgan fingerprint density at radius 2 is 1.91 bits per heavy atom. The molecule has 3 rings (SSSR count). The molecule has 23 heavy (non-hydrogen) atoms. The summed E-state index contributed by atoms with van der Waals surface area (Å²) >= 11 is 0. The molecule has 0 radical (unpaired) electrons. The first kappa shape index (κ1) is 16.0. The molecular formula is C18H25N3O2. The van der Waals surface area contributed by atoms with E-state index >= 15 is 0 Å². The number of carbonyl (C=O) groups excluding carboxylic acids is 2. The van der Waals surface area contributed by atoms with Gasteiger partial charge in [0.1, 0.15) is 0 Å². The average Bonchev–Trinajstić information content (AvgIpc) is 2.98. The summed E-state index contributed by atoms with van der Waals surface area (Å²) in [5.41, 5.74) is 2.20. The summed E-state index contributed by atoms with van der Waals surface area (Å²) in [5.74, 6) is -0.0115. The van der Waals surface area contributed by atoms with Crippen LogP contribution in [0.1, 0.15) is 25.3 Å². The average molecular weight is 315 g/mol. The highest BCUT2D eigenvalue weighted by Gasteiger charge is 2.37. The number of hydrogen-bond acceptors (Lipinski definition) is 3. The van der Waals surface area contributed by atoms with E-state index in [4.69, 9.17) is 0 Å². The van der Waals surface area contributed by atoms with Crippen molar-refractivity contribution >= 4 is 17.5 Å². The molecule has 1 aromatic rings. The summed E-state index contributed by atoms with van der Waals surface area (Å²) in [7, 11) is 0. The van der Waals surface area contributed by atoms with E-state index in [2.05, 4.69) is 24.4 Å². The molecule has 2 heterocycles. The Labute approximate surface area is 137 Å². The third-order valence-corrected chi connectivity index (χ3v) is 4.69.